The molecule has 0 saturated heterocycles. The minimum Gasteiger partial charge on any atom is -0.377 e. The fraction of sp³-hybridized carbons (Fsp3) is 0.462. The number of hydrogen-bond acceptors (Lipinski definition) is 1. The minimum absolute atomic E-state index is 0.215. The molecule has 0 heterocycles. The topological polar surface area (TPSA) is 9.23 Å². The Hall–Kier alpha value is -1.86. The Bertz CT molecular complexity index is 690. The highest BCUT2D eigenvalue weighted by Gasteiger charge is 2.20. The summed E-state index contributed by atoms with van der Waals surface area (Å²) in [5.41, 5.74) is 5.36. The van der Waals surface area contributed by atoms with E-state index in [1.807, 2.05) is 7.11 Å². The van der Waals surface area contributed by atoms with Crippen LogP contribution in [-0.2, 0) is 4.74 Å². The first-order valence-electron chi connectivity index (χ1n) is 10.6. The molecule has 1 saturated carbocycles. The summed E-state index contributed by atoms with van der Waals surface area (Å²) < 4.78 is 5.68. The van der Waals surface area contributed by atoms with Crippen LogP contribution >= 0.6 is 0 Å². The van der Waals surface area contributed by atoms with Gasteiger partial charge in [-0.2, -0.15) is 0 Å². The molecule has 1 unspecified atom stereocenters. The largest absolute Gasteiger partial charge is 0.377 e. The van der Waals surface area contributed by atoms with Crippen molar-refractivity contribution in [3.05, 3.63) is 72.3 Å². The average Bonchev–Trinajstić information content (AvgIpc) is 2.75. The lowest BCUT2D eigenvalue weighted by molar-refractivity contribution is 0.0936. The van der Waals surface area contributed by atoms with Crippen LogP contribution in [0, 0.1) is 5.92 Å². The van der Waals surface area contributed by atoms with Gasteiger partial charge in [-0.05, 0) is 66.2 Å². The third-order valence-corrected chi connectivity index (χ3v) is 6.21. The highest BCUT2D eigenvalue weighted by Crippen LogP contribution is 2.37. The van der Waals surface area contributed by atoms with Gasteiger partial charge in [0.2, 0.25) is 0 Å². The second-order valence-electron chi connectivity index (χ2n) is 7.96. The Kier molecular flexibility index (Phi) is 7.29. The second-order valence-corrected chi connectivity index (χ2v) is 7.96. The van der Waals surface area contributed by atoms with Crippen molar-refractivity contribution in [2.45, 2.75) is 63.9 Å². The SMILES string of the molecule is C=C[C@H]1CC[C@H](c2ccc(-c3ccc(C(CCCC)OC)cc3)cc2)CC1. The van der Waals surface area contributed by atoms with E-state index in [-0.39, 0.29) is 6.10 Å². The van der Waals surface area contributed by atoms with Crippen LogP contribution in [0.25, 0.3) is 11.1 Å². The summed E-state index contributed by atoms with van der Waals surface area (Å²) in [5.74, 6) is 1.45. The molecule has 1 fully saturated rings. The van der Waals surface area contributed by atoms with Crippen LogP contribution in [0.15, 0.2) is 61.2 Å². The summed E-state index contributed by atoms with van der Waals surface area (Å²) in [7, 11) is 1.81. The molecule has 1 aliphatic carbocycles. The second kappa shape index (κ2) is 9.90. The van der Waals surface area contributed by atoms with Crippen LogP contribution in [0.4, 0.5) is 0 Å². The molecule has 0 spiro atoms. The van der Waals surface area contributed by atoms with E-state index in [2.05, 4.69) is 68.1 Å². The monoisotopic (exact) mass is 362 g/mol. The zero-order valence-corrected chi connectivity index (χ0v) is 17.0. The van der Waals surface area contributed by atoms with Gasteiger partial charge in [-0.1, -0.05) is 74.4 Å². The normalized spacial score (nSPS) is 21.0. The van der Waals surface area contributed by atoms with Gasteiger partial charge < -0.3 is 4.74 Å². The van der Waals surface area contributed by atoms with Crippen LogP contribution in [0.3, 0.4) is 0 Å². The Morgan fingerprint density at radius 2 is 1.56 bits per heavy atom. The van der Waals surface area contributed by atoms with Gasteiger partial charge in [0.1, 0.15) is 0 Å². The molecule has 3 rings (SSSR count). The quantitative estimate of drug-likeness (QED) is 0.437. The van der Waals surface area contributed by atoms with Gasteiger partial charge in [-0.3, -0.25) is 0 Å². The number of hydrogen-bond donors (Lipinski definition) is 0. The van der Waals surface area contributed by atoms with E-state index in [1.165, 1.54) is 60.8 Å². The standard InChI is InChI=1S/C26H34O/c1-4-6-7-26(27-3)25-18-16-24(17-19-25)23-14-12-22(13-15-23)21-10-8-20(5-2)9-11-21/h5,12-21,26H,2,4,6-11H2,1,3H3/t20-,21-,26?. The lowest BCUT2D eigenvalue weighted by Crippen LogP contribution is -2.11. The van der Waals surface area contributed by atoms with Crippen molar-refractivity contribution >= 4 is 0 Å². The molecule has 0 aromatic heterocycles. The number of methoxy groups -OCH3 is 1. The van der Waals surface area contributed by atoms with Gasteiger partial charge in [0.25, 0.3) is 0 Å². The van der Waals surface area contributed by atoms with Gasteiger partial charge in [-0.25, -0.2) is 0 Å². The molecule has 1 atom stereocenters. The molecule has 0 radical (unpaired) electrons. The summed E-state index contributed by atoms with van der Waals surface area (Å²) in [4.78, 5) is 0. The van der Waals surface area contributed by atoms with Crippen LogP contribution in [0.1, 0.15) is 75.0 Å². The molecule has 1 aliphatic rings. The lowest BCUT2D eigenvalue weighted by Gasteiger charge is -2.27. The third-order valence-electron chi connectivity index (χ3n) is 6.21. The highest BCUT2D eigenvalue weighted by atomic mass is 16.5. The van der Waals surface area contributed by atoms with E-state index in [4.69, 9.17) is 4.74 Å². The fourth-order valence-corrected chi connectivity index (χ4v) is 4.34. The van der Waals surface area contributed by atoms with Crippen LogP contribution in [-0.4, -0.2) is 7.11 Å². The first-order chi connectivity index (χ1) is 13.2. The van der Waals surface area contributed by atoms with E-state index >= 15 is 0 Å². The number of unbranched alkanes of at least 4 members (excludes halogenated alkanes) is 1. The van der Waals surface area contributed by atoms with E-state index in [1.54, 1.807) is 0 Å². The van der Waals surface area contributed by atoms with Gasteiger partial charge in [0.05, 0.1) is 6.10 Å². The zero-order valence-electron chi connectivity index (χ0n) is 17.0. The molecule has 2 aromatic rings. The van der Waals surface area contributed by atoms with E-state index in [0.29, 0.717) is 0 Å². The smallest absolute Gasteiger partial charge is 0.0821 e. The van der Waals surface area contributed by atoms with Gasteiger partial charge in [-0.15, -0.1) is 6.58 Å². The van der Waals surface area contributed by atoms with Crippen molar-refractivity contribution in [3.63, 3.8) is 0 Å². The van der Waals surface area contributed by atoms with Crippen LogP contribution in [0.2, 0.25) is 0 Å². The lowest BCUT2D eigenvalue weighted by atomic mass is 9.78. The number of ether oxygens (including phenoxy) is 1. The van der Waals surface area contributed by atoms with Crippen molar-refractivity contribution in [2.75, 3.05) is 7.11 Å². The van der Waals surface area contributed by atoms with Gasteiger partial charge in [0, 0.05) is 7.11 Å². The Balaban J connectivity index is 1.65. The van der Waals surface area contributed by atoms with E-state index < -0.39 is 0 Å². The number of rotatable bonds is 8. The molecular formula is C26H34O. The third kappa shape index (κ3) is 5.11. The Morgan fingerprint density at radius 3 is 2.07 bits per heavy atom. The maximum Gasteiger partial charge on any atom is 0.0821 e. The molecule has 1 nitrogen and oxygen atoms in total. The van der Waals surface area contributed by atoms with Crippen molar-refractivity contribution in [1.29, 1.82) is 0 Å². The Labute approximate surface area is 165 Å². The zero-order chi connectivity index (χ0) is 19.1. The van der Waals surface area contributed by atoms with Crippen molar-refractivity contribution < 1.29 is 4.74 Å². The maximum absolute atomic E-state index is 5.68. The van der Waals surface area contributed by atoms with Crippen LogP contribution < -0.4 is 0 Å². The van der Waals surface area contributed by atoms with Crippen molar-refractivity contribution in [2.24, 2.45) is 5.92 Å². The summed E-state index contributed by atoms with van der Waals surface area (Å²) in [6.45, 7) is 6.18. The van der Waals surface area contributed by atoms with Gasteiger partial charge >= 0.3 is 0 Å². The molecule has 1 heteroatoms. The molecule has 0 bridgehead atoms. The Morgan fingerprint density at radius 1 is 0.963 bits per heavy atom. The summed E-state index contributed by atoms with van der Waals surface area (Å²) >= 11 is 0. The van der Waals surface area contributed by atoms with Crippen LogP contribution in [0.5, 0.6) is 0 Å². The number of benzene rings is 2. The molecule has 27 heavy (non-hydrogen) atoms. The molecule has 0 amide bonds. The maximum atomic E-state index is 5.68. The summed E-state index contributed by atoms with van der Waals surface area (Å²) in [6.07, 6.45) is 11.0. The summed E-state index contributed by atoms with van der Waals surface area (Å²) in [6, 6.07) is 18.2. The predicted octanol–water partition coefficient (Wildman–Crippen LogP) is 7.69. The minimum atomic E-state index is 0.215. The fourth-order valence-electron chi connectivity index (χ4n) is 4.34. The first kappa shape index (κ1) is 19.9. The molecule has 2 aromatic carbocycles. The molecule has 0 aliphatic heterocycles. The molecular weight excluding hydrogens is 328 g/mol. The van der Waals surface area contributed by atoms with E-state index in [0.717, 1.165) is 18.3 Å². The summed E-state index contributed by atoms with van der Waals surface area (Å²) in [5, 5.41) is 0. The predicted molar refractivity (Wildman–Crippen MR) is 116 cm³/mol. The van der Waals surface area contributed by atoms with E-state index in [9.17, 15) is 0 Å². The van der Waals surface area contributed by atoms with Crippen molar-refractivity contribution in [1.82, 2.24) is 0 Å². The highest BCUT2D eigenvalue weighted by molar-refractivity contribution is 5.64. The molecule has 144 valence electrons. The van der Waals surface area contributed by atoms with Gasteiger partial charge in [0.15, 0.2) is 0 Å². The average molecular weight is 363 g/mol. The van der Waals surface area contributed by atoms with Crippen molar-refractivity contribution in [3.8, 4) is 11.1 Å². The molecule has 0 N–H and O–H groups in total. The first-order valence-corrected chi connectivity index (χ1v) is 10.6. The number of allylic oxidation sites excluding steroid dienone is 1.